The summed E-state index contributed by atoms with van der Waals surface area (Å²) in [6.07, 6.45) is 2.35. The zero-order valence-corrected chi connectivity index (χ0v) is 10.3. The zero-order valence-electron chi connectivity index (χ0n) is 9.45. The smallest absolute Gasteiger partial charge is 0.242 e. The molecule has 0 aromatic heterocycles. The molecule has 1 fully saturated rings. The predicted octanol–water partition coefficient (Wildman–Crippen LogP) is 1.87. The van der Waals surface area contributed by atoms with Crippen molar-refractivity contribution >= 4 is 17.7 Å². The molecule has 84 valence electrons. The van der Waals surface area contributed by atoms with E-state index in [1.807, 2.05) is 16.7 Å². The van der Waals surface area contributed by atoms with Crippen LogP contribution in [-0.4, -0.2) is 41.2 Å². The van der Waals surface area contributed by atoms with Gasteiger partial charge in [-0.05, 0) is 26.7 Å². The Labute approximate surface area is 95.5 Å². The number of rotatable bonds is 2. The van der Waals surface area contributed by atoms with E-state index in [1.165, 1.54) is 23.4 Å². The highest BCUT2D eigenvalue weighted by Gasteiger charge is 2.23. The highest BCUT2D eigenvalue weighted by molar-refractivity contribution is 8.03. The van der Waals surface area contributed by atoms with Crippen molar-refractivity contribution in [3.63, 3.8) is 0 Å². The number of likely N-dealkylation sites (tertiary alicyclic amines) is 1. The van der Waals surface area contributed by atoms with Crippen molar-refractivity contribution in [1.82, 2.24) is 9.80 Å². The fraction of sp³-hybridized carbons (Fsp3) is 0.727. The lowest BCUT2D eigenvalue weighted by atomic mass is 10.4. The van der Waals surface area contributed by atoms with Crippen LogP contribution in [0.5, 0.6) is 0 Å². The number of allylic oxidation sites excluding steroid dienone is 2. The number of carbonyl (C=O) groups excluding carboxylic acids is 1. The lowest BCUT2D eigenvalue weighted by molar-refractivity contribution is -0.130. The fourth-order valence-electron chi connectivity index (χ4n) is 1.99. The second-order valence-corrected chi connectivity index (χ2v) is 5.36. The van der Waals surface area contributed by atoms with Gasteiger partial charge in [-0.1, -0.05) is 0 Å². The minimum absolute atomic E-state index is 0.294. The molecule has 0 unspecified atom stereocenters. The Bertz CT molecular complexity index is 295. The van der Waals surface area contributed by atoms with Gasteiger partial charge < -0.3 is 9.80 Å². The summed E-state index contributed by atoms with van der Waals surface area (Å²) in [5.74, 6) is 1.24. The Morgan fingerprint density at radius 1 is 1.33 bits per heavy atom. The molecule has 15 heavy (non-hydrogen) atoms. The lowest BCUT2D eigenvalue weighted by Gasteiger charge is -2.22. The summed E-state index contributed by atoms with van der Waals surface area (Å²) in [6.45, 7) is 6.71. The van der Waals surface area contributed by atoms with Gasteiger partial charge in [0.25, 0.3) is 0 Å². The van der Waals surface area contributed by atoms with Crippen LogP contribution in [0.4, 0.5) is 0 Å². The molecule has 2 aliphatic rings. The van der Waals surface area contributed by atoms with Crippen LogP contribution in [-0.2, 0) is 4.79 Å². The average molecular weight is 226 g/mol. The number of carbonyl (C=O) groups is 1. The van der Waals surface area contributed by atoms with Gasteiger partial charge in [-0.2, -0.15) is 0 Å². The van der Waals surface area contributed by atoms with E-state index in [0.29, 0.717) is 12.5 Å². The first-order chi connectivity index (χ1) is 7.18. The van der Waals surface area contributed by atoms with Gasteiger partial charge in [0.05, 0.1) is 12.4 Å². The molecule has 3 nitrogen and oxygen atoms in total. The van der Waals surface area contributed by atoms with Crippen molar-refractivity contribution in [3.8, 4) is 0 Å². The largest absolute Gasteiger partial charge is 0.356 e. The minimum atomic E-state index is 0.294. The molecule has 0 bridgehead atoms. The summed E-state index contributed by atoms with van der Waals surface area (Å²) in [6, 6.07) is 0. The van der Waals surface area contributed by atoms with Crippen molar-refractivity contribution in [2.75, 3.05) is 25.5 Å². The summed E-state index contributed by atoms with van der Waals surface area (Å²) in [7, 11) is 0. The second-order valence-electron chi connectivity index (χ2n) is 4.20. The van der Waals surface area contributed by atoms with Gasteiger partial charge >= 0.3 is 0 Å². The van der Waals surface area contributed by atoms with Crippen molar-refractivity contribution in [2.24, 2.45) is 0 Å². The van der Waals surface area contributed by atoms with E-state index in [0.717, 1.165) is 19.0 Å². The SMILES string of the molecule is CC1=C(C)N(CC(=O)N2CCCC2)CS1. The standard InChI is InChI=1S/C11H18N2OS/c1-9-10(2)15-8-13(9)7-11(14)12-5-3-4-6-12/h3-8H2,1-2H3. The van der Waals surface area contributed by atoms with E-state index in [1.54, 1.807) is 0 Å². The van der Waals surface area contributed by atoms with E-state index in [4.69, 9.17) is 0 Å². The van der Waals surface area contributed by atoms with Crippen LogP contribution in [0.2, 0.25) is 0 Å². The van der Waals surface area contributed by atoms with E-state index >= 15 is 0 Å². The Balaban J connectivity index is 1.89. The third-order valence-electron chi connectivity index (χ3n) is 3.21. The molecule has 0 radical (unpaired) electrons. The molecule has 0 aromatic carbocycles. The summed E-state index contributed by atoms with van der Waals surface area (Å²) < 4.78 is 0. The Morgan fingerprint density at radius 2 is 2.00 bits per heavy atom. The normalized spacial score (nSPS) is 21.7. The molecule has 0 atom stereocenters. The van der Waals surface area contributed by atoms with Gasteiger partial charge in [-0.25, -0.2) is 0 Å². The van der Waals surface area contributed by atoms with Gasteiger partial charge in [-0.3, -0.25) is 4.79 Å². The van der Waals surface area contributed by atoms with Crippen molar-refractivity contribution in [2.45, 2.75) is 26.7 Å². The van der Waals surface area contributed by atoms with E-state index in [2.05, 4.69) is 18.7 Å². The monoisotopic (exact) mass is 226 g/mol. The molecule has 1 amide bonds. The van der Waals surface area contributed by atoms with Gasteiger partial charge in [0.15, 0.2) is 0 Å². The summed E-state index contributed by atoms with van der Waals surface area (Å²) >= 11 is 1.83. The number of nitrogens with zero attached hydrogens (tertiary/aromatic N) is 2. The molecule has 2 rings (SSSR count). The maximum absolute atomic E-state index is 11.9. The van der Waals surface area contributed by atoms with Crippen molar-refractivity contribution in [3.05, 3.63) is 10.6 Å². The maximum Gasteiger partial charge on any atom is 0.242 e. The van der Waals surface area contributed by atoms with Crippen LogP contribution in [0, 0.1) is 0 Å². The molecule has 0 spiro atoms. The molecule has 1 saturated heterocycles. The first-order valence-corrected chi connectivity index (χ1v) is 6.50. The lowest BCUT2D eigenvalue weighted by Crippen LogP contribution is -2.37. The zero-order chi connectivity index (χ0) is 10.8. The number of amides is 1. The molecular formula is C11H18N2OS. The quantitative estimate of drug-likeness (QED) is 0.718. The topological polar surface area (TPSA) is 23.6 Å². The molecule has 0 N–H and O–H groups in total. The summed E-state index contributed by atoms with van der Waals surface area (Å²) in [4.78, 5) is 17.4. The number of thioether (sulfide) groups is 1. The van der Waals surface area contributed by atoms with Gasteiger partial charge in [0.2, 0.25) is 5.91 Å². The highest BCUT2D eigenvalue weighted by atomic mass is 32.2. The first kappa shape index (κ1) is 10.9. The van der Waals surface area contributed by atoms with Gasteiger partial charge in [0.1, 0.15) is 0 Å². The molecule has 0 aliphatic carbocycles. The van der Waals surface area contributed by atoms with E-state index < -0.39 is 0 Å². The van der Waals surface area contributed by atoms with E-state index in [-0.39, 0.29) is 0 Å². The third-order valence-corrected chi connectivity index (χ3v) is 4.37. The maximum atomic E-state index is 11.9. The van der Waals surface area contributed by atoms with Crippen LogP contribution < -0.4 is 0 Å². The number of hydrogen-bond acceptors (Lipinski definition) is 3. The molecule has 2 heterocycles. The fourth-order valence-corrected chi connectivity index (χ4v) is 2.97. The minimum Gasteiger partial charge on any atom is -0.356 e. The highest BCUT2D eigenvalue weighted by Crippen LogP contribution is 2.30. The third kappa shape index (κ3) is 2.30. The second kappa shape index (κ2) is 4.47. The van der Waals surface area contributed by atoms with Crippen LogP contribution in [0.25, 0.3) is 0 Å². The summed E-state index contributed by atoms with van der Waals surface area (Å²) in [5.41, 5.74) is 1.27. The molecule has 2 aliphatic heterocycles. The predicted molar refractivity (Wildman–Crippen MR) is 63.4 cm³/mol. The molecule has 0 saturated carbocycles. The van der Waals surface area contributed by atoms with Crippen molar-refractivity contribution in [1.29, 1.82) is 0 Å². The molecule has 0 aromatic rings. The van der Waals surface area contributed by atoms with Crippen LogP contribution >= 0.6 is 11.8 Å². The number of hydrogen-bond donors (Lipinski definition) is 0. The summed E-state index contributed by atoms with van der Waals surface area (Å²) in [5, 5.41) is 0. The Morgan fingerprint density at radius 3 is 2.53 bits per heavy atom. The van der Waals surface area contributed by atoms with Crippen LogP contribution in [0.3, 0.4) is 0 Å². The molecule has 4 heteroatoms. The Kier molecular flexibility index (Phi) is 3.24. The Hall–Kier alpha value is -0.640. The van der Waals surface area contributed by atoms with Gasteiger partial charge in [-0.15, -0.1) is 11.8 Å². The van der Waals surface area contributed by atoms with Crippen molar-refractivity contribution < 1.29 is 4.79 Å². The first-order valence-electron chi connectivity index (χ1n) is 5.51. The molecular weight excluding hydrogens is 208 g/mol. The van der Waals surface area contributed by atoms with Crippen LogP contribution in [0.15, 0.2) is 10.6 Å². The van der Waals surface area contributed by atoms with Gasteiger partial charge in [0, 0.05) is 23.7 Å². The van der Waals surface area contributed by atoms with Crippen LogP contribution in [0.1, 0.15) is 26.7 Å². The van der Waals surface area contributed by atoms with E-state index in [9.17, 15) is 4.79 Å². The average Bonchev–Trinajstić information content (AvgIpc) is 2.83.